The molecule has 1 N–H and O–H groups in total. The van der Waals surface area contributed by atoms with Crippen molar-refractivity contribution in [3.63, 3.8) is 0 Å². The number of nitrogens with one attached hydrogen (secondary N) is 1. The van der Waals surface area contributed by atoms with Gasteiger partial charge in [0.15, 0.2) is 0 Å². The van der Waals surface area contributed by atoms with Gasteiger partial charge in [0.25, 0.3) is 5.91 Å². The minimum Gasteiger partial charge on any atom is -0.327 e. The van der Waals surface area contributed by atoms with Crippen LogP contribution in [0.2, 0.25) is 10.0 Å². The predicted molar refractivity (Wildman–Crippen MR) is 114 cm³/mol. The van der Waals surface area contributed by atoms with Crippen molar-refractivity contribution < 1.29 is 14.0 Å². The van der Waals surface area contributed by atoms with E-state index in [9.17, 15) is 14.0 Å². The fourth-order valence-electron chi connectivity index (χ4n) is 3.30. The molecule has 2 amide bonds. The molecule has 1 aliphatic rings. The largest absolute Gasteiger partial charge is 0.327 e. The van der Waals surface area contributed by atoms with Crippen LogP contribution in [0.4, 0.5) is 9.52 Å². The van der Waals surface area contributed by atoms with Crippen molar-refractivity contribution in [2.75, 3.05) is 11.9 Å². The zero-order chi connectivity index (χ0) is 21.3. The Morgan fingerprint density at radius 2 is 1.80 bits per heavy atom. The SMILES string of the molecule is O=C(Nc1nnc(-c2ccc(F)cc2)s1)C1CCCN1C(=O)c1cc(Cl)cc(Cl)c1. The van der Waals surface area contributed by atoms with E-state index in [1.54, 1.807) is 18.2 Å². The van der Waals surface area contributed by atoms with Gasteiger partial charge >= 0.3 is 0 Å². The second-order valence-corrected chi connectivity index (χ2v) is 8.57. The van der Waals surface area contributed by atoms with Gasteiger partial charge in [-0.2, -0.15) is 0 Å². The number of hydrogen-bond donors (Lipinski definition) is 1. The summed E-state index contributed by atoms with van der Waals surface area (Å²) in [6.07, 6.45) is 1.24. The monoisotopic (exact) mass is 464 g/mol. The van der Waals surface area contributed by atoms with Crippen molar-refractivity contribution >= 4 is 51.5 Å². The van der Waals surface area contributed by atoms with Crippen molar-refractivity contribution in [3.8, 4) is 10.6 Å². The first-order chi connectivity index (χ1) is 14.4. The van der Waals surface area contributed by atoms with Gasteiger partial charge < -0.3 is 4.90 Å². The number of carbonyl (C=O) groups excluding carboxylic acids is 2. The highest BCUT2D eigenvalue weighted by atomic mass is 35.5. The molecule has 4 rings (SSSR count). The number of rotatable bonds is 4. The fraction of sp³-hybridized carbons (Fsp3) is 0.200. The van der Waals surface area contributed by atoms with Crippen LogP contribution in [-0.4, -0.2) is 39.5 Å². The average Bonchev–Trinajstić information content (AvgIpc) is 3.37. The summed E-state index contributed by atoms with van der Waals surface area (Å²) in [4.78, 5) is 27.2. The third-order valence-electron chi connectivity index (χ3n) is 4.67. The number of likely N-dealkylation sites (tertiary alicyclic amines) is 1. The maximum absolute atomic E-state index is 13.1. The zero-order valence-corrected chi connectivity index (χ0v) is 17.8. The molecule has 1 saturated heterocycles. The molecular formula is C20H15Cl2FN4O2S. The van der Waals surface area contributed by atoms with Crippen LogP contribution in [0.15, 0.2) is 42.5 Å². The van der Waals surface area contributed by atoms with Crippen LogP contribution < -0.4 is 5.32 Å². The summed E-state index contributed by atoms with van der Waals surface area (Å²) in [7, 11) is 0. The first kappa shape index (κ1) is 20.7. The van der Waals surface area contributed by atoms with Crippen LogP contribution in [0.25, 0.3) is 10.6 Å². The summed E-state index contributed by atoms with van der Waals surface area (Å²) in [5.74, 6) is -0.985. The highest BCUT2D eigenvalue weighted by molar-refractivity contribution is 7.18. The summed E-state index contributed by atoms with van der Waals surface area (Å²) >= 11 is 13.2. The van der Waals surface area contributed by atoms with Gasteiger partial charge in [0, 0.05) is 27.7 Å². The van der Waals surface area contributed by atoms with E-state index in [2.05, 4.69) is 15.5 Å². The van der Waals surface area contributed by atoms with Crippen LogP contribution in [-0.2, 0) is 4.79 Å². The Labute approximate surface area is 185 Å². The summed E-state index contributed by atoms with van der Waals surface area (Å²) in [5.41, 5.74) is 1.03. The lowest BCUT2D eigenvalue weighted by Crippen LogP contribution is -2.43. The number of halogens is 3. The highest BCUT2D eigenvalue weighted by Gasteiger charge is 2.35. The molecule has 154 valence electrons. The Balaban J connectivity index is 1.47. The third kappa shape index (κ3) is 4.45. The predicted octanol–water partition coefficient (Wildman–Crippen LogP) is 4.89. The standard InChI is InChI=1S/C20H15Cl2FN4O2S/c21-13-8-12(9-14(22)10-13)19(29)27-7-1-2-16(27)17(28)24-20-26-25-18(30-20)11-3-5-15(23)6-4-11/h3-6,8-10,16H,1-2,7H2,(H,24,26,28). The van der Waals surface area contributed by atoms with Crippen LogP contribution in [0, 0.1) is 5.82 Å². The normalized spacial score (nSPS) is 16.0. The number of hydrogen-bond acceptors (Lipinski definition) is 5. The first-order valence-corrected chi connectivity index (χ1v) is 10.7. The van der Waals surface area contributed by atoms with Crippen LogP contribution in [0.5, 0.6) is 0 Å². The second-order valence-electron chi connectivity index (χ2n) is 6.72. The van der Waals surface area contributed by atoms with Crippen molar-refractivity contribution in [1.82, 2.24) is 15.1 Å². The lowest BCUT2D eigenvalue weighted by Gasteiger charge is -2.23. The van der Waals surface area contributed by atoms with Gasteiger partial charge in [0.05, 0.1) is 0 Å². The maximum atomic E-state index is 13.1. The van der Waals surface area contributed by atoms with Gasteiger partial charge in [0.1, 0.15) is 16.9 Å². The van der Waals surface area contributed by atoms with E-state index in [4.69, 9.17) is 23.2 Å². The van der Waals surface area contributed by atoms with E-state index in [0.717, 1.165) is 0 Å². The first-order valence-electron chi connectivity index (χ1n) is 9.08. The lowest BCUT2D eigenvalue weighted by molar-refractivity contribution is -0.119. The maximum Gasteiger partial charge on any atom is 0.254 e. The van der Waals surface area contributed by atoms with E-state index >= 15 is 0 Å². The van der Waals surface area contributed by atoms with Gasteiger partial charge in [-0.15, -0.1) is 10.2 Å². The molecule has 2 aromatic carbocycles. The molecule has 3 aromatic rings. The van der Waals surface area contributed by atoms with E-state index < -0.39 is 6.04 Å². The van der Waals surface area contributed by atoms with Crippen molar-refractivity contribution in [1.29, 1.82) is 0 Å². The van der Waals surface area contributed by atoms with Crippen molar-refractivity contribution in [2.45, 2.75) is 18.9 Å². The summed E-state index contributed by atoms with van der Waals surface area (Å²) in [5, 5.41) is 12.3. The minimum absolute atomic E-state index is 0.304. The van der Waals surface area contributed by atoms with Crippen LogP contribution in [0.1, 0.15) is 23.2 Å². The molecule has 1 fully saturated rings. The van der Waals surface area contributed by atoms with Gasteiger partial charge in [0.2, 0.25) is 11.0 Å². The molecule has 6 nitrogen and oxygen atoms in total. The Hall–Kier alpha value is -2.55. The molecule has 1 aliphatic heterocycles. The van der Waals surface area contributed by atoms with E-state index in [-0.39, 0.29) is 17.6 Å². The van der Waals surface area contributed by atoms with Crippen molar-refractivity contribution in [2.24, 2.45) is 0 Å². The Bertz CT molecular complexity index is 1090. The molecule has 1 atom stereocenters. The summed E-state index contributed by atoms with van der Waals surface area (Å²) in [6.45, 7) is 0.456. The third-order valence-corrected chi connectivity index (χ3v) is 6.00. The van der Waals surface area contributed by atoms with Gasteiger partial charge in [-0.1, -0.05) is 34.5 Å². The number of benzene rings is 2. The van der Waals surface area contributed by atoms with Gasteiger partial charge in [-0.3, -0.25) is 14.9 Å². The van der Waals surface area contributed by atoms with Crippen molar-refractivity contribution in [3.05, 3.63) is 63.9 Å². The van der Waals surface area contributed by atoms with Crippen LogP contribution in [0.3, 0.4) is 0 Å². The lowest BCUT2D eigenvalue weighted by atomic mass is 10.1. The zero-order valence-electron chi connectivity index (χ0n) is 15.4. The minimum atomic E-state index is -0.631. The van der Waals surface area contributed by atoms with E-state index in [0.29, 0.717) is 50.7 Å². The topological polar surface area (TPSA) is 75.2 Å². The van der Waals surface area contributed by atoms with E-state index in [1.807, 2.05) is 0 Å². The Morgan fingerprint density at radius 1 is 1.10 bits per heavy atom. The number of amides is 2. The molecule has 0 saturated carbocycles. The molecule has 0 bridgehead atoms. The van der Waals surface area contributed by atoms with Gasteiger partial charge in [-0.25, -0.2) is 4.39 Å². The quantitative estimate of drug-likeness (QED) is 0.595. The molecule has 30 heavy (non-hydrogen) atoms. The van der Waals surface area contributed by atoms with Crippen LogP contribution >= 0.6 is 34.5 Å². The average molecular weight is 465 g/mol. The highest BCUT2D eigenvalue weighted by Crippen LogP contribution is 2.28. The molecule has 0 aliphatic carbocycles. The smallest absolute Gasteiger partial charge is 0.254 e. The fourth-order valence-corrected chi connectivity index (χ4v) is 4.58. The van der Waals surface area contributed by atoms with Gasteiger partial charge in [-0.05, 0) is 55.3 Å². The number of nitrogens with zero attached hydrogens (tertiary/aromatic N) is 3. The summed E-state index contributed by atoms with van der Waals surface area (Å²) < 4.78 is 13.1. The van der Waals surface area contributed by atoms with E-state index in [1.165, 1.54) is 40.5 Å². The number of anilines is 1. The molecule has 1 aromatic heterocycles. The molecule has 1 unspecified atom stereocenters. The number of carbonyl (C=O) groups is 2. The molecular weight excluding hydrogens is 450 g/mol. The molecule has 0 spiro atoms. The Morgan fingerprint density at radius 3 is 2.50 bits per heavy atom. The number of aromatic nitrogens is 2. The summed E-state index contributed by atoms with van der Waals surface area (Å²) in [6, 6.07) is 9.82. The second kappa shape index (κ2) is 8.67. The molecule has 2 heterocycles. The molecule has 0 radical (unpaired) electrons. The molecule has 10 heteroatoms. The Kier molecular flexibility index (Phi) is 5.99.